The molecule has 2 aromatic carbocycles. The van der Waals surface area contributed by atoms with Crippen molar-refractivity contribution in [2.45, 2.75) is 13.0 Å². The Hall–Kier alpha value is -3.17. The summed E-state index contributed by atoms with van der Waals surface area (Å²) in [6.07, 6.45) is 0. The Kier molecular flexibility index (Phi) is 7.52. The number of nitrogens with one attached hydrogen (secondary N) is 2. The lowest BCUT2D eigenvalue weighted by Crippen LogP contribution is -2.43. The molecule has 1 atom stereocenters. The second kappa shape index (κ2) is 9.85. The summed E-state index contributed by atoms with van der Waals surface area (Å²) in [6, 6.07) is 9.72. The number of likely N-dealkylation sites (N-methyl/N-ethyl adjacent to an activating group) is 1. The Labute approximate surface area is 172 Å². The molecule has 0 fully saturated rings. The summed E-state index contributed by atoms with van der Waals surface area (Å²) in [5, 5.41) is 16.5. The van der Waals surface area contributed by atoms with Gasteiger partial charge >= 0.3 is 0 Å². The molecule has 2 N–H and O–H groups in total. The molecule has 154 valence electrons. The van der Waals surface area contributed by atoms with E-state index in [4.69, 9.17) is 16.3 Å². The molecule has 10 heteroatoms. The number of methoxy groups -OCH3 is 1. The maximum absolute atomic E-state index is 12.4. The number of nitro benzene ring substituents is 1. The van der Waals surface area contributed by atoms with Crippen LogP contribution in [0.25, 0.3) is 0 Å². The number of hydrogen-bond donors (Lipinski definition) is 2. The predicted octanol–water partition coefficient (Wildman–Crippen LogP) is 3.15. The average Bonchev–Trinajstić information content (AvgIpc) is 2.67. The summed E-state index contributed by atoms with van der Waals surface area (Å²) in [6.45, 7) is 1.60. The van der Waals surface area contributed by atoms with E-state index in [-0.39, 0.29) is 24.0 Å². The minimum absolute atomic E-state index is 0.0511. The highest BCUT2D eigenvalue weighted by Gasteiger charge is 2.21. The standard InChI is InChI=1S/C19H21ClN4O5/c1-12(19(26)21-14-5-7-15(8-6-14)24(27)28)23(2)11-18(25)22-16-10-13(20)4-9-17(16)29-3/h4-10,12H,11H2,1-3H3,(H,21,26)(H,22,25)/t12-/m0/s1. The van der Waals surface area contributed by atoms with Gasteiger partial charge in [-0.1, -0.05) is 11.6 Å². The zero-order valence-electron chi connectivity index (χ0n) is 16.1. The number of carbonyl (C=O) groups is 2. The number of hydrogen-bond acceptors (Lipinski definition) is 6. The monoisotopic (exact) mass is 420 g/mol. The van der Waals surface area contributed by atoms with E-state index >= 15 is 0 Å². The Morgan fingerprint density at radius 1 is 1.21 bits per heavy atom. The molecule has 9 nitrogen and oxygen atoms in total. The second-order valence-electron chi connectivity index (χ2n) is 6.28. The first-order chi connectivity index (χ1) is 13.7. The number of amides is 2. The fourth-order valence-electron chi connectivity index (χ4n) is 2.44. The minimum Gasteiger partial charge on any atom is -0.495 e. The third kappa shape index (κ3) is 6.16. The van der Waals surface area contributed by atoms with Crippen LogP contribution in [0.5, 0.6) is 5.75 Å². The molecule has 0 spiro atoms. The van der Waals surface area contributed by atoms with E-state index in [1.807, 2.05) is 0 Å². The van der Waals surface area contributed by atoms with Crippen LogP contribution in [0, 0.1) is 10.1 Å². The molecule has 0 radical (unpaired) electrons. The lowest BCUT2D eigenvalue weighted by molar-refractivity contribution is -0.384. The van der Waals surface area contributed by atoms with Crippen molar-refractivity contribution in [1.82, 2.24) is 4.90 Å². The normalized spacial score (nSPS) is 11.6. The number of carbonyl (C=O) groups excluding carboxylic acids is 2. The van der Waals surface area contributed by atoms with Gasteiger partial charge in [-0.3, -0.25) is 24.6 Å². The number of nitrogens with zero attached hydrogens (tertiary/aromatic N) is 2. The summed E-state index contributed by atoms with van der Waals surface area (Å²) < 4.78 is 5.19. The molecule has 2 aromatic rings. The van der Waals surface area contributed by atoms with E-state index in [9.17, 15) is 19.7 Å². The first-order valence-corrected chi connectivity index (χ1v) is 8.98. The number of halogens is 1. The van der Waals surface area contributed by atoms with E-state index in [0.29, 0.717) is 22.1 Å². The maximum Gasteiger partial charge on any atom is 0.269 e. The van der Waals surface area contributed by atoms with Crippen LogP contribution in [0.3, 0.4) is 0 Å². The van der Waals surface area contributed by atoms with Gasteiger partial charge in [0, 0.05) is 22.8 Å². The van der Waals surface area contributed by atoms with Gasteiger partial charge in [-0.25, -0.2) is 0 Å². The van der Waals surface area contributed by atoms with Gasteiger partial charge in [0.05, 0.1) is 30.3 Å². The molecule has 0 aromatic heterocycles. The lowest BCUT2D eigenvalue weighted by Gasteiger charge is -2.23. The molecular formula is C19H21ClN4O5. The first-order valence-electron chi connectivity index (χ1n) is 8.60. The van der Waals surface area contributed by atoms with E-state index in [1.54, 1.807) is 37.1 Å². The summed E-state index contributed by atoms with van der Waals surface area (Å²) >= 11 is 5.95. The highest BCUT2D eigenvalue weighted by molar-refractivity contribution is 6.31. The van der Waals surface area contributed by atoms with Gasteiger partial charge in [-0.05, 0) is 44.3 Å². The summed E-state index contributed by atoms with van der Waals surface area (Å²) in [5.74, 6) is -0.230. The summed E-state index contributed by atoms with van der Waals surface area (Å²) in [5.41, 5.74) is 0.789. The molecule has 2 rings (SSSR count). The highest BCUT2D eigenvalue weighted by atomic mass is 35.5. The number of anilines is 2. The van der Waals surface area contributed by atoms with Crippen molar-refractivity contribution < 1.29 is 19.2 Å². The van der Waals surface area contributed by atoms with E-state index in [2.05, 4.69) is 10.6 Å². The maximum atomic E-state index is 12.4. The van der Waals surface area contributed by atoms with Crippen LogP contribution in [0.15, 0.2) is 42.5 Å². The topological polar surface area (TPSA) is 114 Å². The Morgan fingerprint density at radius 2 is 1.86 bits per heavy atom. The van der Waals surface area contributed by atoms with Crippen LogP contribution in [-0.2, 0) is 9.59 Å². The van der Waals surface area contributed by atoms with Crippen LogP contribution >= 0.6 is 11.6 Å². The Morgan fingerprint density at radius 3 is 2.45 bits per heavy atom. The molecule has 0 heterocycles. The van der Waals surface area contributed by atoms with Gasteiger partial charge in [0.1, 0.15) is 5.75 Å². The van der Waals surface area contributed by atoms with Crippen molar-refractivity contribution in [3.05, 3.63) is 57.6 Å². The molecule has 0 saturated carbocycles. The zero-order chi connectivity index (χ0) is 21.6. The molecule has 0 unspecified atom stereocenters. The number of ether oxygens (including phenoxy) is 1. The zero-order valence-corrected chi connectivity index (χ0v) is 16.9. The van der Waals surface area contributed by atoms with Gasteiger partial charge in [0.25, 0.3) is 5.69 Å². The smallest absolute Gasteiger partial charge is 0.269 e. The van der Waals surface area contributed by atoms with Crippen molar-refractivity contribution in [2.75, 3.05) is 31.3 Å². The van der Waals surface area contributed by atoms with Crippen LogP contribution < -0.4 is 15.4 Å². The fraction of sp³-hybridized carbons (Fsp3) is 0.263. The van der Waals surface area contributed by atoms with Gasteiger partial charge in [-0.15, -0.1) is 0 Å². The van der Waals surface area contributed by atoms with Gasteiger partial charge in [0.15, 0.2) is 0 Å². The van der Waals surface area contributed by atoms with E-state index in [1.165, 1.54) is 31.4 Å². The van der Waals surface area contributed by atoms with Crippen LogP contribution in [0.2, 0.25) is 5.02 Å². The quantitative estimate of drug-likeness (QED) is 0.501. The number of rotatable bonds is 8. The highest BCUT2D eigenvalue weighted by Crippen LogP contribution is 2.27. The molecule has 2 amide bonds. The van der Waals surface area contributed by atoms with Gasteiger partial charge in [0.2, 0.25) is 11.8 Å². The van der Waals surface area contributed by atoms with Crippen molar-refractivity contribution in [2.24, 2.45) is 0 Å². The van der Waals surface area contributed by atoms with E-state index < -0.39 is 11.0 Å². The number of nitro groups is 1. The van der Waals surface area contributed by atoms with Crippen LogP contribution in [0.4, 0.5) is 17.1 Å². The second-order valence-corrected chi connectivity index (χ2v) is 6.71. The van der Waals surface area contributed by atoms with Crippen molar-refractivity contribution >= 4 is 40.5 Å². The third-order valence-corrected chi connectivity index (χ3v) is 4.45. The number of benzene rings is 2. The molecule has 0 aliphatic heterocycles. The largest absolute Gasteiger partial charge is 0.495 e. The third-order valence-electron chi connectivity index (χ3n) is 4.21. The molecule has 0 saturated heterocycles. The molecular weight excluding hydrogens is 400 g/mol. The summed E-state index contributed by atoms with van der Waals surface area (Å²) in [7, 11) is 3.12. The van der Waals surface area contributed by atoms with Gasteiger partial charge in [-0.2, -0.15) is 0 Å². The molecule has 0 aliphatic rings. The Bertz CT molecular complexity index is 904. The average molecular weight is 421 g/mol. The van der Waals surface area contributed by atoms with E-state index in [0.717, 1.165) is 0 Å². The number of non-ortho nitro benzene ring substituents is 1. The molecule has 0 bridgehead atoms. The fourth-order valence-corrected chi connectivity index (χ4v) is 2.62. The first kappa shape index (κ1) is 22.1. The molecule has 0 aliphatic carbocycles. The van der Waals surface area contributed by atoms with Crippen molar-refractivity contribution in [3.8, 4) is 5.75 Å². The van der Waals surface area contributed by atoms with Crippen molar-refractivity contribution in [1.29, 1.82) is 0 Å². The molecule has 29 heavy (non-hydrogen) atoms. The minimum atomic E-state index is -0.628. The Balaban J connectivity index is 1.94. The lowest BCUT2D eigenvalue weighted by atomic mass is 10.2. The van der Waals surface area contributed by atoms with Crippen molar-refractivity contribution in [3.63, 3.8) is 0 Å². The van der Waals surface area contributed by atoms with Crippen LogP contribution in [-0.4, -0.2) is 48.4 Å². The van der Waals surface area contributed by atoms with Gasteiger partial charge < -0.3 is 15.4 Å². The predicted molar refractivity (Wildman–Crippen MR) is 110 cm³/mol. The summed E-state index contributed by atoms with van der Waals surface area (Å²) in [4.78, 5) is 36.5. The SMILES string of the molecule is COc1ccc(Cl)cc1NC(=O)CN(C)[C@@H](C)C(=O)Nc1ccc([N+](=O)[O-])cc1. The van der Waals surface area contributed by atoms with Crippen LogP contribution in [0.1, 0.15) is 6.92 Å².